The van der Waals surface area contributed by atoms with Gasteiger partial charge >= 0.3 is 11.7 Å². The van der Waals surface area contributed by atoms with E-state index < -0.39 is 0 Å². The highest BCUT2D eigenvalue weighted by atomic mass is 32.1. The standard InChI is InChI=1S/C11H16N4O2S/c1-6(2)10-12-15(18-14-10)5-7(3)9-8(4)17-13-11(9)16/h6-7H,5H2,1-4H3/p+1. The van der Waals surface area contributed by atoms with E-state index in [-0.39, 0.29) is 11.5 Å². The summed E-state index contributed by atoms with van der Waals surface area (Å²) in [6, 6.07) is 0. The Labute approximate surface area is 109 Å². The van der Waals surface area contributed by atoms with Crippen molar-refractivity contribution in [1.29, 1.82) is 0 Å². The zero-order chi connectivity index (χ0) is 13.3. The summed E-state index contributed by atoms with van der Waals surface area (Å²) in [5, 5.41) is 6.75. The molecule has 0 bridgehead atoms. The van der Waals surface area contributed by atoms with E-state index in [0.717, 1.165) is 5.82 Å². The zero-order valence-electron chi connectivity index (χ0n) is 10.9. The first kappa shape index (κ1) is 12.9. The smallest absolute Gasteiger partial charge is 0.301 e. The van der Waals surface area contributed by atoms with E-state index >= 15 is 0 Å². The van der Waals surface area contributed by atoms with Gasteiger partial charge in [-0.25, -0.2) is 0 Å². The molecule has 1 unspecified atom stereocenters. The van der Waals surface area contributed by atoms with Crippen LogP contribution in [0, 0.1) is 6.92 Å². The van der Waals surface area contributed by atoms with Crippen LogP contribution < -0.4 is 9.63 Å². The van der Waals surface area contributed by atoms with Crippen molar-refractivity contribution in [2.24, 2.45) is 0 Å². The number of H-pyrrole nitrogens is 1. The molecule has 18 heavy (non-hydrogen) atoms. The second-order valence-corrected chi connectivity index (χ2v) is 5.49. The monoisotopic (exact) mass is 269 g/mol. The Kier molecular flexibility index (Phi) is 3.60. The third kappa shape index (κ3) is 2.50. The second-order valence-electron chi connectivity index (χ2n) is 4.72. The molecule has 1 atom stereocenters. The van der Waals surface area contributed by atoms with Gasteiger partial charge in [0.2, 0.25) is 0 Å². The van der Waals surface area contributed by atoms with E-state index in [4.69, 9.17) is 4.52 Å². The Morgan fingerprint density at radius 1 is 1.44 bits per heavy atom. The summed E-state index contributed by atoms with van der Waals surface area (Å²) in [7, 11) is 0. The van der Waals surface area contributed by atoms with E-state index in [1.54, 1.807) is 6.92 Å². The summed E-state index contributed by atoms with van der Waals surface area (Å²) in [6.07, 6.45) is 0. The van der Waals surface area contributed by atoms with Gasteiger partial charge in [0.25, 0.3) is 11.4 Å². The third-order valence-corrected chi connectivity index (χ3v) is 3.49. The maximum atomic E-state index is 11.6. The minimum absolute atomic E-state index is 0.0467. The third-order valence-electron chi connectivity index (χ3n) is 2.80. The van der Waals surface area contributed by atoms with E-state index in [0.29, 0.717) is 23.8 Å². The lowest BCUT2D eigenvalue weighted by atomic mass is 10.0. The summed E-state index contributed by atoms with van der Waals surface area (Å²) in [4.78, 5) is 11.6. The molecule has 0 aliphatic rings. The lowest BCUT2D eigenvalue weighted by Crippen LogP contribution is -2.36. The summed E-state index contributed by atoms with van der Waals surface area (Å²) in [6.45, 7) is 8.51. The number of hydrogen-bond donors (Lipinski definition) is 1. The van der Waals surface area contributed by atoms with Gasteiger partial charge < -0.3 is 4.52 Å². The lowest BCUT2D eigenvalue weighted by molar-refractivity contribution is -0.691. The molecule has 2 rings (SSSR count). The van der Waals surface area contributed by atoms with Crippen molar-refractivity contribution in [3.63, 3.8) is 0 Å². The van der Waals surface area contributed by atoms with Gasteiger partial charge in [0.05, 0.1) is 5.56 Å². The Bertz CT molecular complexity index is 584. The number of nitrogens with one attached hydrogen (secondary N) is 1. The van der Waals surface area contributed by atoms with Crippen molar-refractivity contribution >= 4 is 11.7 Å². The molecular formula is C11H17N4O2S+. The van der Waals surface area contributed by atoms with Gasteiger partial charge in [-0.15, -0.1) is 0 Å². The van der Waals surface area contributed by atoms with Crippen molar-refractivity contribution in [3.05, 3.63) is 27.5 Å². The van der Waals surface area contributed by atoms with Gasteiger partial charge in [-0.1, -0.05) is 24.8 Å². The second kappa shape index (κ2) is 5.01. The van der Waals surface area contributed by atoms with Gasteiger partial charge in [0.1, 0.15) is 12.3 Å². The molecular weight excluding hydrogens is 252 g/mol. The summed E-state index contributed by atoms with van der Waals surface area (Å²) >= 11 is 1.33. The van der Waals surface area contributed by atoms with Crippen LogP contribution in [0.2, 0.25) is 0 Å². The topological polar surface area (TPSA) is 75.7 Å². The van der Waals surface area contributed by atoms with Gasteiger partial charge in [-0.05, 0) is 12.0 Å². The van der Waals surface area contributed by atoms with Crippen LogP contribution in [0.25, 0.3) is 0 Å². The number of aromatic amines is 1. The lowest BCUT2D eigenvalue weighted by Gasteiger charge is -2.03. The Balaban J connectivity index is 2.16. The normalized spacial score (nSPS) is 13.2. The molecule has 2 heterocycles. The van der Waals surface area contributed by atoms with Crippen molar-refractivity contribution in [2.45, 2.75) is 46.1 Å². The van der Waals surface area contributed by atoms with Gasteiger partial charge in [0.15, 0.2) is 0 Å². The molecule has 2 aromatic rings. The minimum Gasteiger partial charge on any atom is -0.384 e. The molecule has 7 heteroatoms. The molecule has 0 fully saturated rings. The number of hydrogen-bond acceptors (Lipinski definition) is 5. The summed E-state index contributed by atoms with van der Waals surface area (Å²) in [5.41, 5.74) is 0.526. The number of nitrogens with zero attached hydrogens (tertiary/aromatic N) is 3. The SMILES string of the molecule is Cc1o[nH]c(=O)c1C(C)C[n+]1nc(C(C)C)ns1. The average Bonchev–Trinajstić information content (AvgIpc) is 2.86. The fraction of sp³-hybridized carbons (Fsp3) is 0.636. The quantitative estimate of drug-likeness (QED) is 0.850. The van der Waals surface area contributed by atoms with Crippen molar-refractivity contribution in [1.82, 2.24) is 14.6 Å². The first-order valence-corrected chi connectivity index (χ1v) is 6.64. The average molecular weight is 269 g/mol. The molecule has 6 nitrogen and oxygen atoms in total. The van der Waals surface area contributed by atoms with E-state index in [2.05, 4.69) is 28.5 Å². The minimum atomic E-state index is -0.158. The molecule has 0 aliphatic carbocycles. The van der Waals surface area contributed by atoms with Gasteiger partial charge in [-0.3, -0.25) is 4.79 Å². The molecule has 0 aromatic carbocycles. The van der Waals surface area contributed by atoms with Crippen LogP contribution >= 0.6 is 11.7 Å². The van der Waals surface area contributed by atoms with E-state index in [9.17, 15) is 4.79 Å². The molecule has 1 N–H and O–H groups in total. The predicted molar refractivity (Wildman–Crippen MR) is 66.7 cm³/mol. The largest absolute Gasteiger partial charge is 0.384 e. The van der Waals surface area contributed by atoms with Gasteiger partial charge in [0, 0.05) is 16.2 Å². The molecule has 0 aliphatic heterocycles. The van der Waals surface area contributed by atoms with Crippen LogP contribution in [-0.4, -0.2) is 14.6 Å². The number of aromatic nitrogens is 4. The number of rotatable bonds is 4. The van der Waals surface area contributed by atoms with Gasteiger partial charge in [-0.2, -0.15) is 5.16 Å². The van der Waals surface area contributed by atoms with Crippen molar-refractivity contribution in [3.8, 4) is 0 Å². The molecule has 2 aromatic heterocycles. The summed E-state index contributed by atoms with van der Waals surface area (Å²) < 4.78 is 11.1. The predicted octanol–water partition coefficient (Wildman–Crippen LogP) is 1.34. The highest BCUT2D eigenvalue weighted by molar-refractivity contribution is 6.94. The maximum absolute atomic E-state index is 11.6. The molecule has 0 amide bonds. The molecule has 0 radical (unpaired) electrons. The van der Waals surface area contributed by atoms with Crippen LogP contribution in [-0.2, 0) is 6.54 Å². The Morgan fingerprint density at radius 2 is 2.17 bits per heavy atom. The van der Waals surface area contributed by atoms with E-state index in [1.165, 1.54) is 11.7 Å². The molecule has 0 spiro atoms. The maximum Gasteiger partial charge on any atom is 0.301 e. The molecule has 98 valence electrons. The highest BCUT2D eigenvalue weighted by Gasteiger charge is 2.22. The first-order chi connectivity index (χ1) is 8.49. The van der Waals surface area contributed by atoms with Crippen molar-refractivity contribution in [2.75, 3.05) is 0 Å². The fourth-order valence-electron chi connectivity index (χ4n) is 1.82. The zero-order valence-corrected chi connectivity index (χ0v) is 11.7. The first-order valence-electron chi connectivity index (χ1n) is 5.91. The molecule has 0 saturated heterocycles. The highest BCUT2D eigenvalue weighted by Crippen LogP contribution is 2.15. The van der Waals surface area contributed by atoms with Crippen LogP contribution in [0.5, 0.6) is 0 Å². The van der Waals surface area contributed by atoms with Crippen LogP contribution in [0.4, 0.5) is 0 Å². The van der Waals surface area contributed by atoms with Crippen molar-refractivity contribution < 1.29 is 8.59 Å². The van der Waals surface area contributed by atoms with Crippen LogP contribution in [0.15, 0.2) is 9.32 Å². The Morgan fingerprint density at radius 3 is 2.67 bits per heavy atom. The Hall–Kier alpha value is -1.50. The van der Waals surface area contributed by atoms with Crippen LogP contribution in [0.3, 0.4) is 0 Å². The number of aryl methyl sites for hydroxylation is 1. The summed E-state index contributed by atoms with van der Waals surface area (Å²) in [5.74, 6) is 1.84. The molecule has 0 saturated carbocycles. The fourth-order valence-corrected chi connectivity index (χ4v) is 2.66. The van der Waals surface area contributed by atoms with E-state index in [1.807, 2.05) is 11.0 Å². The van der Waals surface area contributed by atoms with Crippen LogP contribution in [0.1, 0.15) is 49.8 Å².